The summed E-state index contributed by atoms with van der Waals surface area (Å²) in [5.74, 6) is 0. The van der Waals surface area contributed by atoms with Gasteiger partial charge in [0.15, 0.2) is 0 Å². The molecule has 0 radical (unpaired) electrons. The average molecular weight is 72.1 g/mol. The Bertz CT molecular complexity index is 36.9. The van der Waals surface area contributed by atoms with E-state index in [4.69, 9.17) is 5.53 Å². The number of nitrogens with one attached hydrogen (secondary N) is 1. The van der Waals surface area contributed by atoms with Gasteiger partial charge in [-0.25, -0.2) is 0 Å². The summed E-state index contributed by atoms with van der Waals surface area (Å²) in [6.07, 6.45) is 1.08. The van der Waals surface area contributed by atoms with E-state index in [9.17, 15) is 0 Å². The van der Waals surface area contributed by atoms with E-state index >= 15 is 0 Å². The normalized spacial score (nSPS) is 5.60. The summed E-state index contributed by atoms with van der Waals surface area (Å²) >= 11 is 0. The molecule has 0 aliphatic rings. The largest absolute Gasteiger partial charge is 0.348 e. The van der Waals surface area contributed by atoms with Crippen LogP contribution in [-0.2, 0) is 4.84 Å². The Kier molecular flexibility index (Phi) is 2.60. The van der Waals surface area contributed by atoms with Crippen LogP contribution in [0.15, 0.2) is 18.1 Å². The third-order valence-corrected chi connectivity index (χ3v) is 0.127. The number of nitrogens with zero attached hydrogens (tertiary/aromatic N) is 1. The molecule has 0 saturated heterocycles. The smallest absolute Gasteiger partial charge is 0.116 e. The van der Waals surface area contributed by atoms with Crippen molar-refractivity contribution in [1.82, 2.24) is 0 Å². The number of hydrogen-bond donors (Lipinski definition) is 1. The van der Waals surface area contributed by atoms with E-state index in [2.05, 4.69) is 16.7 Å². The van der Waals surface area contributed by atoms with Gasteiger partial charge in [0.2, 0.25) is 0 Å². The molecule has 0 bridgehead atoms. The highest BCUT2D eigenvalue weighted by Gasteiger charge is 1.48. The van der Waals surface area contributed by atoms with Gasteiger partial charge >= 0.3 is 0 Å². The van der Waals surface area contributed by atoms with E-state index in [1.54, 1.807) is 0 Å². The zero-order valence-corrected chi connectivity index (χ0v) is 2.64. The third kappa shape index (κ3) is 3.14. The molecule has 0 heterocycles. The van der Waals surface area contributed by atoms with Gasteiger partial charge in [-0.3, -0.25) is 0 Å². The van der Waals surface area contributed by atoms with Crippen molar-refractivity contribution in [1.29, 1.82) is 5.53 Å². The molecule has 3 nitrogen and oxygen atoms in total. The van der Waals surface area contributed by atoms with Gasteiger partial charge in [0.25, 0.3) is 0 Å². The fourth-order valence-electron chi connectivity index (χ4n) is 0.0373. The lowest BCUT2D eigenvalue weighted by Crippen LogP contribution is -1.52. The molecule has 1 N–H and O–H groups in total. The van der Waals surface area contributed by atoms with Crippen LogP contribution in [0.3, 0.4) is 0 Å². The van der Waals surface area contributed by atoms with Crippen LogP contribution < -0.4 is 0 Å². The molecule has 0 spiro atoms. The number of rotatable bonds is 2. The predicted molar refractivity (Wildman–Crippen MR) is 16.4 cm³/mol. The second-order valence-corrected chi connectivity index (χ2v) is 0.363. The topological polar surface area (TPSA) is 45.4 Å². The van der Waals surface area contributed by atoms with Crippen LogP contribution >= 0.6 is 0 Å². The molecule has 0 aromatic heterocycles. The summed E-state index contributed by atoms with van der Waals surface area (Å²) in [4.78, 5) is 3.89. The first-order valence-corrected chi connectivity index (χ1v) is 1.05. The van der Waals surface area contributed by atoms with Gasteiger partial charge in [0.05, 0.1) is 0 Å². The van der Waals surface area contributed by atoms with Crippen molar-refractivity contribution >= 4 is 0 Å². The van der Waals surface area contributed by atoms with Crippen LogP contribution in [0.25, 0.3) is 0 Å². The molecule has 0 aliphatic carbocycles. The number of hydrogen-bond acceptors (Lipinski definition) is 3. The maximum absolute atomic E-state index is 5.93. The first-order valence-electron chi connectivity index (χ1n) is 1.05. The molecular formula is C2H4N2O. The van der Waals surface area contributed by atoms with Gasteiger partial charge in [-0.2, -0.15) is 5.53 Å². The van der Waals surface area contributed by atoms with E-state index in [1.807, 2.05) is 0 Å². The zero-order valence-electron chi connectivity index (χ0n) is 2.64. The lowest BCUT2D eigenvalue weighted by molar-refractivity contribution is 0.231. The monoisotopic (exact) mass is 72.0 g/mol. The van der Waals surface area contributed by atoms with E-state index in [0.29, 0.717) is 0 Å². The Labute approximate surface area is 29.7 Å². The van der Waals surface area contributed by atoms with Crippen molar-refractivity contribution in [3.05, 3.63) is 12.8 Å². The van der Waals surface area contributed by atoms with Crippen molar-refractivity contribution in [2.24, 2.45) is 5.28 Å². The lowest BCUT2D eigenvalue weighted by Gasteiger charge is -1.71. The average Bonchev–Trinajstić information content (AvgIpc) is 1.41. The van der Waals surface area contributed by atoms with Gasteiger partial charge in [-0.1, -0.05) is 6.58 Å². The fourth-order valence-corrected chi connectivity index (χ4v) is 0.0373. The molecule has 0 atom stereocenters. The molecule has 0 aliphatic heterocycles. The Morgan fingerprint density at radius 3 is 2.60 bits per heavy atom. The highest BCUT2D eigenvalue weighted by atomic mass is 16.6. The minimum absolute atomic E-state index is 1.08. The first-order chi connectivity index (χ1) is 2.41. The zero-order chi connectivity index (χ0) is 4.12. The summed E-state index contributed by atoms with van der Waals surface area (Å²) < 4.78 is 0. The van der Waals surface area contributed by atoms with Crippen molar-refractivity contribution in [3.8, 4) is 0 Å². The summed E-state index contributed by atoms with van der Waals surface area (Å²) in [6, 6.07) is 0. The van der Waals surface area contributed by atoms with Crippen LogP contribution in [0.2, 0.25) is 0 Å². The Morgan fingerprint density at radius 1 is 2.00 bits per heavy atom. The standard InChI is InChI=1S/C2H4N2O/c1-2-5-4-3/h2-3H,1H2. The second kappa shape index (κ2) is 3.14. The highest BCUT2D eigenvalue weighted by Crippen LogP contribution is 1.66. The summed E-state index contributed by atoms with van der Waals surface area (Å²) in [5.41, 5.74) is 5.93. The van der Waals surface area contributed by atoms with E-state index < -0.39 is 0 Å². The minimum Gasteiger partial charge on any atom is -0.348 e. The fraction of sp³-hybridized carbons (Fsp3) is 0. The van der Waals surface area contributed by atoms with Gasteiger partial charge in [0.1, 0.15) is 6.26 Å². The minimum atomic E-state index is 1.08. The van der Waals surface area contributed by atoms with Crippen LogP contribution in [-0.4, -0.2) is 0 Å². The molecule has 0 amide bonds. The molecule has 3 heteroatoms. The Balaban J connectivity index is 2.65. The molecule has 28 valence electrons. The van der Waals surface area contributed by atoms with Crippen molar-refractivity contribution < 1.29 is 4.84 Å². The predicted octanol–water partition coefficient (Wildman–Crippen LogP) is 1.09. The van der Waals surface area contributed by atoms with Gasteiger partial charge < -0.3 is 4.84 Å². The molecular weight excluding hydrogens is 68.0 g/mol. The summed E-state index contributed by atoms with van der Waals surface area (Å²) in [7, 11) is 0. The molecule has 0 saturated carbocycles. The molecule has 0 unspecified atom stereocenters. The van der Waals surface area contributed by atoms with Crippen molar-refractivity contribution in [3.63, 3.8) is 0 Å². The van der Waals surface area contributed by atoms with Gasteiger partial charge in [-0.15, -0.1) is 0 Å². The van der Waals surface area contributed by atoms with Crippen LogP contribution in [0.4, 0.5) is 0 Å². The van der Waals surface area contributed by atoms with Crippen LogP contribution in [0.1, 0.15) is 0 Å². The summed E-state index contributed by atoms with van der Waals surface area (Å²) in [6.45, 7) is 3.11. The Hall–Kier alpha value is -0.860. The van der Waals surface area contributed by atoms with E-state index in [0.717, 1.165) is 6.26 Å². The van der Waals surface area contributed by atoms with Gasteiger partial charge in [0, 0.05) is 5.28 Å². The van der Waals surface area contributed by atoms with Crippen LogP contribution in [0.5, 0.6) is 0 Å². The van der Waals surface area contributed by atoms with Gasteiger partial charge in [-0.05, 0) is 0 Å². The molecule has 0 aromatic rings. The quantitative estimate of drug-likeness (QED) is 0.296. The first kappa shape index (κ1) is 4.14. The van der Waals surface area contributed by atoms with Crippen molar-refractivity contribution in [2.75, 3.05) is 0 Å². The maximum Gasteiger partial charge on any atom is 0.116 e. The molecule has 5 heavy (non-hydrogen) atoms. The molecule has 0 fully saturated rings. The maximum atomic E-state index is 5.93. The summed E-state index contributed by atoms with van der Waals surface area (Å²) in [5, 5.41) is 2.49. The second-order valence-electron chi connectivity index (χ2n) is 0.363. The highest BCUT2D eigenvalue weighted by molar-refractivity contribution is 4.42. The molecule has 0 rings (SSSR count). The van der Waals surface area contributed by atoms with E-state index in [-0.39, 0.29) is 0 Å². The SMILES string of the molecule is C=CON=N. The third-order valence-electron chi connectivity index (χ3n) is 0.127. The van der Waals surface area contributed by atoms with E-state index in [1.165, 1.54) is 0 Å². The Morgan fingerprint density at radius 2 is 2.60 bits per heavy atom. The molecule has 0 aromatic carbocycles. The van der Waals surface area contributed by atoms with Crippen molar-refractivity contribution in [2.45, 2.75) is 0 Å². The lowest BCUT2D eigenvalue weighted by atomic mass is 11.2. The van der Waals surface area contributed by atoms with Crippen LogP contribution in [0, 0.1) is 5.53 Å².